The second-order valence-electron chi connectivity index (χ2n) is 4.09. The molecule has 0 saturated heterocycles. The molecule has 2 aromatic rings. The zero-order valence-electron chi connectivity index (χ0n) is 11.1. The molecule has 0 aliphatic heterocycles. The summed E-state index contributed by atoms with van der Waals surface area (Å²) >= 11 is 3.35. The van der Waals surface area contributed by atoms with Crippen LogP contribution in [0.15, 0.2) is 53.0 Å². The number of halogens is 1. The summed E-state index contributed by atoms with van der Waals surface area (Å²) in [6.07, 6.45) is 0. The van der Waals surface area contributed by atoms with E-state index in [9.17, 15) is 4.79 Å². The number of carbonyl (C=O) groups is 1. The number of hydrogen-bond donors (Lipinski definition) is 0. The van der Waals surface area contributed by atoms with Crippen molar-refractivity contribution in [1.82, 2.24) is 0 Å². The van der Waals surface area contributed by atoms with Crippen molar-refractivity contribution in [1.29, 1.82) is 0 Å². The lowest BCUT2D eigenvalue weighted by atomic mass is 10.1. The van der Waals surface area contributed by atoms with Crippen LogP contribution in [0.1, 0.15) is 17.3 Å². The molecule has 0 saturated carbocycles. The Labute approximate surface area is 126 Å². The highest BCUT2D eigenvalue weighted by molar-refractivity contribution is 9.10. The summed E-state index contributed by atoms with van der Waals surface area (Å²) in [5.74, 6) is 1.16. The van der Waals surface area contributed by atoms with Crippen molar-refractivity contribution in [2.45, 2.75) is 6.92 Å². The number of carbonyl (C=O) groups excluding carboxylic acids is 1. The van der Waals surface area contributed by atoms with Gasteiger partial charge in [0.1, 0.15) is 11.5 Å². The second kappa shape index (κ2) is 7.10. The van der Waals surface area contributed by atoms with Crippen LogP contribution in [-0.4, -0.2) is 19.0 Å². The first-order valence-electron chi connectivity index (χ1n) is 6.34. The Morgan fingerprint density at radius 2 is 1.75 bits per heavy atom. The summed E-state index contributed by atoms with van der Waals surface area (Å²) in [5, 5.41) is 0. The van der Waals surface area contributed by atoms with Crippen molar-refractivity contribution in [3.05, 3.63) is 58.6 Å². The predicted octanol–water partition coefficient (Wildman–Crippen LogP) is 4.11. The van der Waals surface area contributed by atoms with Crippen molar-refractivity contribution in [3.8, 4) is 11.5 Å². The van der Waals surface area contributed by atoms with Gasteiger partial charge in [0.05, 0.1) is 12.2 Å². The van der Waals surface area contributed by atoms with E-state index in [1.54, 1.807) is 12.1 Å². The molecule has 0 heterocycles. The van der Waals surface area contributed by atoms with Gasteiger partial charge in [0.15, 0.2) is 6.61 Å². The Morgan fingerprint density at radius 3 is 2.45 bits per heavy atom. The molecular weight excluding hydrogens is 320 g/mol. The Kier molecular flexibility index (Phi) is 5.18. The summed E-state index contributed by atoms with van der Waals surface area (Å²) in [6.45, 7) is 2.41. The van der Waals surface area contributed by atoms with Crippen LogP contribution >= 0.6 is 15.9 Å². The van der Waals surface area contributed by atoms with Gasteiger partial charge in [0.2, 0.25) is 5.78 Å². The normalized spacial score (nSPS) is 10.1. The largest absolute Gasteiger partial charge is 0.493 e. The molecule has 0 fully saturated rings. The number of benzene rings is 2. The molecule has 0 spiro atoms. The van der Waals surface area contributed by atoms with Crippen LogP contribution in [0.2, 0.25) is 0 Å². The van der Waals surface area contributed by atoms with Crippen LogP contribution in [0.3, 0.4) is 0 Å². The maximum atomic E-state index is 12.2. The lowest BCUT2D eigenvalue weighted by Gasteiger charge is -2.10. The first-order chi connectivity index (χ1) is 9.70. The minimum Gasteiger partial charge on any atom is -0.493 e. The third-order valence-corrected chi connectivity index (χ3v) is 3.20. The molecule has 0 N–H and O–H groups in total. The van der Waals surface area contributed by atoms with E-state index in [-0.39, 0.29) is 12.4 Å². The molecule has 2 rings (SSSR count). The molecule has 2 aromatic carbocycles. The van der Waals surface area contributed by atoms with Gasteiger partial charge in [-0.05, 0) is 43.3 Å². The van der Waals surface area contributed by atoms with Gasteiger partial charge in [0, 0.05) is 4.47 Å². The quantitative estimate of drug-likeness (QED) is 0.746. The molecule has 0 aliphatic carbocycles. The predicted molar refractivity (Wildman–Crippen MR) is 81.6 cm³/mol. The average molecular weight is 335 g/mol. The summed E-state index contributed by atoms with van der Waals surface area (Å²) < 4.78 is 11.9. The zero-order chi connectivity index (χ0) is 14.4. The number of rotatable bonds is 6. The molecule has 4 heteroatoms. The summed E-state index contributed by atoms with van der Waals surface area (Å²) in [7, 11) is 0. The molecule has 3 nitrogen and oxygen atoms in total. The van der Waals surface area contributed by atoms with E-state index in [0.29, 0.717) is 23.7 Å². The molecule has 0 aliphatic rings. The topological polar surface area (TPSA) is 35.5 Å². The van der Waals surface area contributed by atoms with E-state index in [1.807, 2.05) is 43.3 Å². The minimum atomic E-state index is -0.100. The van der Waals surface area contributed by atoms with Gasteiger partial charge in [-0.1, -0.05) is 28.1 Å². The van der Waals surface area contributed by atoms with Crippen LogP contribution in [0.25, 0.3) is 0 Å². The Morgan fingerprint density at radius 1 is 1.05 bits per heavy atom. The molecule has 0 radical (unpaired) electrons. The van der Waals surface area contributed by atoms with Crippen LogP contribution in [0, 0.1) is 0 Å². The SMILES string of the molecule is CCOc1ccccc1C(=O)COc1ccc(Br)cc1. The van der Waals surface area contributed by atoms with Gasteiger partial charge in [0.25, 0.3) is 0 Å². The molecule has 0 atom stereocenters. The van der Waals surface area contributed by atoms with E-state index in [1.165, 1.54) is 0 Å². The van der Waals surface area contributed by atoms with Crippen molar-refractivity contribution < 1.29 is 14.3 Å². The number of ketones is 1. The van der Waals surface area contributed by atoms with E-state index >= 15 is 0 Å². The molecule has 104 valence electrons. The minimum absolute atomic E-state index is 0.00821. The molecule has 0 unspecified atom stereocenters. The van der Waals surface area contributed by atoms with Gasteiger partial charge in [-0.2, -0.15) is 0 Å². The molecule has 20 heavy (non-hydrogen) atoms. The summed E-state index contributed by atoms with van der Waals surface area (Å²) in [5.41, 5.74) is 0.548. The Hall–Kier alpha value is -1.81. The van der Waals surface area contributed by atoms with E-state index in [2.05, 4.69) is 15.9 Å². The third-order valence-electron chi connectivity index (χ3n) is 2.67. The summed E-state index contributed by atoms with van der Waals surface area (Å²) in [4.78, 5) is 12.2. The van der Waals surface area contributed by atoms with Gasteiger partial charge >= 0.3 is 0 Å². The van der Waals surface area contributed by atoms with E-state index in [4.69, 9.17) is 9.47 Å². The lowest BCUT2D eigenvalue weighted by Crippen LogP contribution is -2.13. The second-order valence-corrected chi connectivity index (χ2v) is 5.01. The van der Waals surface area contributed by atoms with Crippen molar-refractivity contribution >= 4 is 21.7 Å². The highest BCUT2D eigenvalue weighted by Gasteiger charge is 2.12. The fourth-order valence-electron chi connectivity index (χ4n) is 1.74. The highest BCUT2D eigenvalue weighted by atomic mass is 79.9. The van der Waals surface area contributed by atoms with E-state index < -0.39 is 0 Å². The van der Waals surface area contributed by atoms with Crippen LogP contribution < -0.4 is 9.47 Å². The maximum absolute atomic E-state index is 12.2. The fourth-order valence-corrected chi connectivity index (χ4v) is 2.00. The number of para-hydroxylation sites is 1. The fraction of sp³-hybridized carbons (Fsp3) is 0.188. The van der Waals surface area contributed by atoms with Crippen molar-refractivity contribution in [2.24, 2.45) is 0 Å². The highest BCUT2D eigenvalue weighted by Crippen LogP contribution is 2.20. The van der Waals surface area contributed by atoms with Crippen LogP contribution in [0.4, 0.5) is 0 Å². The average Bonchev–Trinajstić information content (AvgIpc) is 2.47. The van der Waals surface area contributed by atoms with Crippen molar-refractivity contribution in [2.75, 3.05) is 13.2 Å². The Balaban J connectivity index is 2.03. The third kappa shape index (κ3) is 3.84. The smallest absolute Gasteiger partial charge is 0.203 e. The first-order valence-corrected chi connectivity index (χ1v) is 7.13. The van der Waals surface area contributed by atoms with Crippen molar-refractivity contribution in [3.63, 3.8) is 0 Å². The van der Waals surface area contributed by atoms with Gasteiger partial charge in [-0.15, -0.1) is 0 Å². The lowest BCUT2D eigenvalue weighted by molar-refractivity contribution is 0.0917. The monoisotopic (exact) mass is 334 g/mol. The molecular formula is C16H15BrO3. The summed E-state index contributed by atoms with van der Waals surface area (Å²) in [6, 6.07) is 14.6. The molecule has 0 aromatic heterocycles. The molecule has 0 amide bonds. The van der Waals surface area contributed by atoms with Crippen LogP contribution in [0.5, 0.6) is 11.5 Å². The first kappa shape index (κ1) is 14.6. The van der Waals surface area contributed by atoms with Crippen LogP contribution in [-0.2, 0) is 0 Å². The number of Topliss-reactive ketones (excluding diaryl/α,β-unsaturated/α-hetero) is 1. The standard InChI is InChI=1S/C16H15BrO3/c1-2-19-16-6-4-3-5-14(16)15(18)11-20-13-9-7-12(17)8-10-13/h3-10H,2,11H2,1H3. The Bertz CT molecular complexity index is 579. The van der Waals surface area contributed by atoms with E-state index in [0.717, 1.165) is 4.47 Å². The van der Waals surface area contributed by atoms with Gasteiger partial charge in [-0.3, -0.25) is 4.79 Å². The molecule has 0 bridgehead atoms. The van der Waals surface area contributed by atoms with Gasteiger partial charge in [-0.25, -0.2) is 0 Å². The number of hydrogen-bond acceptors (Lipinski definition) is 3. The number of ether oxygens (including phenoxy) is 2. The zero-order valence-corrected chi connectivity index (χ0v) is 12.7. The van der Waals surface area contributed by atoms with Gasteiger partial charge < -0.3 is 9.47 Å². The maximum Gasteiger partial charge on any atom is 0.203 e.